The molecule has 3 nitrogen and oxygen atoms in total. The van der Waals surface area contributed by atoms with Crippen molar-refractivity contribution >= 4 is 97.2 Å². The summed E-state index contributed by atoms with van der Waals surface area (Å²) < 4.78 is 18.0. The van der Waals surface area contributed by atoms with Gasteiger partial charge < -0.3 is 13.4 Å². The topological polar surface area (TPSA) is 31.2 Å². The highest BCUT2D eigenvalue weighted by atomic mass is 32.1. The van der Waals surface area contributed by atoms with Gasteiger partial charge in [0.1, 0.15) is 16.7 Å². The van der Waals surface area contributed by atoms with Gasteiger partial charge in [-0.25, -0.2) is 0 Å². The molecule has 0 amide bonds. The van der Waals surface area contributed by atoms with E-state index in [4.69, 9.17) is 8.83 Å². The molecule has 4 heteroatoms. The fourth-order valence-electron chi connectivity index (χ4n) is 6.74. The number of nitrogens with zero attached hydrogens (tertiary/aromatic N) is 1. The Morgan fingerprint density at radius 1 is 0.500 bits per heavy atom. The maximum atomic E-state index is 6.79. The Kier molecular flexibility index (Phi) is 3.81. The summed E-state index contributed by atoms with van der Waals surface area (Å²) in [7, 11) is 0. The van der Waals surface area contributed by atoms with Gasteiger partial charge in [-0.05, 0) is 42.5 Å². The van der Waals surface area contributed by atoms with Gasteiger partial charge in [-0.1, -0.05) is 72.8 Å². The minimum absolute atomic E-state index is 0.895. The van der Waals surface area contributed by atoms with Gasteiger partial charge in [0.2, 0.25) is 0 Å². The van der Waals surface area contributed by atoms with Crippen LogP contribution in [0.3, 0.4) is 0 Å². The standard InChI is InChI=1S/C36H19NO2S/c1-5-13-26-22(10-1)33-34(37(26)20-17-18-29-25(19-20)21-9-2-6-14-27(21)38-29)35-31(23-11-3-7-15-28(23)39-35)32-24-12-4-8-16-30(24)40-36(32)33/h1-19H. The van der Waals surface area contributed by atoms with Crippen LogP contribution in [0.15, 0.2) is 124 Å². The maximum Gasteiger partial charge on any atom is 0.160 e. The van der Waals surface area contributed by atoms with E-state index in [0.29, 0.717) is 0 Å². The van der Waals surface area contributed by atoms with Crippen LogP contribution in [0.25, 0.3) is 91.5 Å². The van der Waals surface area contributed by atoms with Gasteiger partial charge in [0.05, 0.1) is 11.0 Å². The molecule has 0 unspecified atom stereocenters. The normalized spacial score (nSPS) is 12.5. The van der Waals surface area contributed by atoms with Gasteiger partial charge in [-0.3, -0.25) is 0 Å². The summed E-state index contributed by atoms with van der Waals surface area (Å²) in [5.41, 5.74) is 7.01. The van der Waals surface area contributed by atoms with Crippen molar-refractivity contribution in [3.8, 4) is 5.69 Å². The Bertz CT molecular complexity index is 2660. The molecule has 0 aliphatic heterocycles. The number of benzene rings is 6. The second-order valence-corrected chi connectivity index (χ2v) is 11.5. The lowest BCUT2D eigenvalue weighted by Gasteiger charge is -2.09. The zero-order chi connectivity index (χ0) is 25.9. The first-order chi connectivity index (χ1) is 19.8. The van der Waals surface area contributed by atoms with Crippen LogP contribution in [0, 0.1) is 0 Å². The number of furan rings is 2. The lowest BCUT2D eigenvalue weighted by molar-refractivity contribution is 0.669. The maximum absolute atomic E-state index is 6.79. The molecule has 0 atom stereocenters. The highest BCUT2D eigenvalue weighted by Crippen LogP contribution is 2.50. The van der Waals surface area contributed by atoms with Crippen LogP contribution in [-0.4, -0.2) is 4.57 Å². The predicted octanol–water partition coefficient (Wildman–Crippen LogP) is 11.0. The second-order valence-electron chi connectivity index (χ2n) is 10.5. The lowest BCUT2D eigenvalue weighted by Crippen LogP contribution is -1.94. The first kappa shape index (κ1) is 20.8. The first-order valence-corrected chi connectivity index (χ1v) is 14.3. The molecular weight excluding hydrogens is 510 g/mol. The third-order valence-corrected chi connectivity index (χ3v) is 9.56. The third-order valence-electron chi connectivity index (χ3n) is 8.38. The quantitative estimate of drug-likeness (QED) is 0.212. The molecule has 0 radical (unpaired) electrons. The molecule has 6 aromatic carbocycles. The molecule has 0 N–H and O–H groups in total. The highest BCUT2D eigenvalue weighted by molar-refractivity contribution is 7.27. The summed E-state index contributed by atoms with van der Waals surface area (Å²) in [6.07, 6.45) is 0. The minimum atomic E-state index is 0.895. The average molecular weight is 530 g/mol. The molecule has 0 aliphatic carbocycles. The summed E-state index contributed by atoms with van der Waals surface area (Å²) >= 11 is 1.88. The summed E-state index contributed by atoms with van der Waals surface area (Å²) in [6, 6.07) is 40.7. The van der Waals surface area contributed by atoms with Crippen molar-refractivity contribution in [1.29, 1.82) is 0 Å². The predicted molar refractivity (Wildman–Crippen MR) is 168 cm³/mol. The van der Waals surface area contributed by atoms with Crippen LogP contribution in [0.4, 0.5) is 0 Å². The van der Waals surface area contributed by atoms with Crippen LogP contribution >= 0.6 is 11.3 Å². The van der Waals surface area contributed by atoms with E-state index in [0.717, 1.165) is 55.2 Å². The van der Waals surface area contributed by atoms with E-state index in [-0.39, 0.29) is 0 Å². The van der Waals surface area contributed by atoms with E-state index in [1.165, 1.54) is 36.3 Å². The smallest absolute Gasteiger partial charge is 0.160 e. The molecule has 0 spiro atoms. The fourth-order valence-corrected chi connectivity index (χ4v) is 8.01. The van der Waals surface area contributed by atoms with Crippen molar-refractivity contribution in [3.63, 3.8) is 0 Å². The molecule has 186 valence electrons. The van der Waals surface area contributed by atoms with E-state index in [2.05, 4.69) is 108 Å². The van der Waals surface area contributed by atoms with E-state index in [1.54, 1.807) is 0 Å². The Morgan fingerprint density at radius 3 is 2.05 bits per heavy atom. The van der Waals surface area contributed by atoms with Crippen molar-refractivity contribution in [3.05, 3.63) is 115 Å². The molecule has 0 aliphatic rings. The van der Waals surface area contributed by atoms with E-state index in [1.807, 2.05) is 23.5 Å². The number of hydrogen-bond acceptors (Lipinski definition) is 3. The first-order valence-electron chi connectivity index (χ1n) is 13.4. The largest absolute Gasteiger partial charge is 0.456 e. The van der Waals surface area contributed by atoms with Crippen LogP contribution < -0.4 is 0 Å². The highest BCUT2D eigenvalue weighted by Gasteiger charge is 2.25. The molecule has 0 saturated heterocycles. The van der Waals surface area contributed by atoms with Gasteiger partial charge in [0, 0.05) is 58.2 Å². The molecule has 10 aromatic rings. The number of thiophene rings is 1. The van der Waals surface area contributed by atoms with Crippen molar-refractivity contribution in [2.24, 2.45) is 0 Å². The average Bonchev–Trinajstić information content (AvgIpc) is 3.75. The van der Waals surface area contributed by atoms with Gasteiger partial charge >= 0.3 is 0 Å². The molecule has 0 bridgehead atoms. The zero-order valence-electron chi connectivity index (χ0n) is 21.1. The van der Waals surface area contributed by atoms with E-state index in [9.17, 15) is 0 Å². The fraction of sp³-hybridized carbons (Fsp3) is 0. The molecule has 40 heavy (non-hydrogen) atoms. The van der Waals surface area contributed by atoms with Gasteiger partial charge in [-0.2, -0.15) is 0 Å². The lowest BCUT2D eigenvalue weighted by atomic mass is 10.0. The van der Waals surface area contributed by atoms with Crippen LogP contribution in [0.1, 0.15) is 0 Å². The SMILES string of the molecule is c1ccc2c(c1)oc1ccc(-n3c4ccccc4c4c5sc6ccccc6c5c5c6ccccc6oc5c43)cc12. The molecule has 0 saturated carbocycles. The molecular formula is C36H19NO2S. The van der Waals surface area contributed by atoms with Gasteiger partial charge in [-0.15, -0.1) is 11.3 Å². The summed E-state index contributed by atoms with van der Waals surface area (Å²) in [4.78, 5) is 0. The number of fused-ring (bicyclic) bond motifs is 15. The second kappa shape index (κ2) is 7.32. The Hall–Kier alpha value is -5.06. The van der Waals surface area contributed by atoms with Crippen molar-refractivity contribution < 1.29 is 8.83 Å². The summed E-state index contributed by atoms with van der Waals surface area (Å²) in [5.74, 6) is 0. The van der Waals surface area contributed by atoms with Crippen molar-refractivity contribution in [2.45, 2.75) is 0 Å². The van der Waals surface area contributed by atoms with Gasteiger partial charge in [0.15, 0.2) is 5.58 Å². The van der Waals surface area contributed by atoms with E-state index >= 15 is 0 Å². The zero-order valence-corrected chi connectivity index (χ0v) is 22.0. The monoisotopic (exact) mass is 529 g/mol. The Labute approximate surface area is 231 Å². The minimum Gasteiger partial charge on any atom is -0.456 e. The van der Waals surface area contributed by atoms with E-state index < -0.39 is 0 Å². The van der Waals surface area contributed by atoms with Crippen molar-refractivity contribution in [1.82, 2.24) is 4.57 Å². The molecule has 0 fully saturated rings. The Balaban J connectivity index is 1.49. The summed E-state index contributed by atoms with van der Waals surface area (Å²) in [6.45, 7) is 0. The van der Waals surface area contributed by atoms with Crippen molar-refractivity contribution in [2.75, 3.05) is 0 Å². The van der Waals surface area contributed by atoms with Crippen LogP contribution in [-0.2, 0) is 0 Å². The molecule has 4 aromatic heterocycles. The summed E-state index contributed by atoms with van der Waals surface area (Å²) in [5, 5.41) is 9.62. The molecule has 4 heterocycles. The van der Waals surface area contributed by atoms with Crippen LogP contribution in [0.2, 0.25) is 0 Å². The van der Waals surface area contributed by atoms with Crippen LogP contribution in [0.5, 0.6) is 0 Å². The number of para-hydroxylation sites is 3. The Morgan fingerprint density at radius 2 is 1.18 bits per heavy atom. The van der Waals surface area contributed by atoms with Gasteiger partial charge in [0.25, 0.3) is 0 Å². The third kappa shape index (κ3) is 2.50. The number of hydrogen-bond donors (Lipinski definition) is 0. The molecule has 10 rings (SSSR count). The number of rotatable bonds is 1. The number of aromatic nitrogens is 1.